The van der Waals surface area contributed by atoms with Crippen LogP contribution in [-0.2, 0) is 16.6 Å². The van der Waals surface area contributed by atoms with Crippen molar-refractivity contribution in [3.8, 4) is 11.1 Å². The van der Waals surface area contributed by atoms with E-state index >= 15 is 0 Å². The average molecular weight is 477 g/mol. The first-order valence-corrected chi connectivity index (χ1v) is 11.4. The van der Waals surface area contributed by atoms with Crippen LogP contribution in [-0.4, -0.2) is 46.0 Å². The number of aliphatic carboxylic acids is 1. The first kappa shape index (κ1) is 24.0. The number of carboxylic acids is 1. The van der Waals surface area contributed by atoms with Crippen molar-refractivity contribution in [3.63, 3.8) is 0 Å². The lowest BCUT2D eigenvalue weighted by Crippen LogP contribution is -2.41. The Morgan fingerprint density at radius 1 is 1.09 bits per heavy atom. The molecule has 0 radical (unpaired) electrons. The van der Waals surface area contributed by atoms with Crippen LogP contribution >= 0.6 is 0 Å². The van der Waals surface area contributed by atoms with Gasteiger partial charge in [-0.15, -0.1) is 0 Å². The van der Waals surface area contributed by atoms with Crippen molar-refractivity contribution in [2.24, 2.45) is 12.5 Å². The molecule has 2 aromatic carbocycles. The van der Waals surface area contributed by atoms with Crippen molar-refractivity contribution in [2.75, 3.05) is 18.5 Å². The number of aromatic nitrogens is 2. The topological polar surface area (TPSA) is 123 Å². The summed E-state index contributed by atoms with van der Waals surface area (Å²) in [5.41, 5.74) is 3.50. The number of hydrogen-bond donors (Lipinski definition) is 3. The van der Waals surface area contributed by atoms with Crippen LogP contribution in [0.25, 0.3) is 11.1 Å². The second-order valence-electron chi connectivity index (χ2n) is 8.92. The maximum Gasteiger partial charge on any atom is 0.411 e. The van der Waals surface area contributed by atoms with Crippen LogP contribution in [0.1, 0.15) is 47.8 Å². The Labute approximate surface area is 203 Å². The molecule has 3 aromatic rings. The monoisotopic (exact) mass is 476 g/mol. The lowest BCUT2D eigenvalue weighted by atomic mass is 9.88. The highest BCUT2D eigenvalue weighted by atomic mass is 16.5. The van der Waals surface area contributed by atoms with E-state index in [1.165, 1.54) is 10.9 Å². The van der Waals surface area contributed by atoms with Crippen LogP contribution in [0.2, 0.25) is 0 Å². The Balaban J connectivity index is 1.43. The number of carbonyl (C=O) groups is 3. The summed E-state index contributed by atoms with van der Waals surface area (Å²) in [5, 5.41) is 18.7. The molecule has 9 heteroatoms. The third-order valence-corrected chi connectivity index (χ3v) is 6.56. The Morgan fingerprint density at radius 3 is 2.26 bits per heavy atom. The number of carboxylic acid groups (broad SMARTS) is 1. The minimum Gasteiger partial charge on any atom is -0.481 e. The number of anilines is 1. The standard InChI is InChI=1S/C26H28N4O5/c1-4-26(2,24(32)33)15-27-23(31)22-21(13-30(3)29-22)28-25(34)35-14-20-18-11-7-5-9-16(18)17-10-6-8-12-19(17)20/h5-13,20H,4,14-15H2,1-3H3,(H,27,31)(H,28,34)(H,32,33). The number of rotatable bonds is 8. The molecule has 35 heavy (non-hydrogen) atoms. The lowest BCUT2D eigenvalue weighted by molar-refractivity contribution is -0.147. The van der Waals surface area contributed by atoms with Crippen molar-refractivity contribution in [1.29, 1.82) is 0 Å². The molecule has 0 aliphatic heterocycles. The molecule has 1 aliphatic carbocycles. The maximum atomic E-state index is 12.7. The number of hydrogen-bond acceptors (Lipinski definition) is 5. The highest BCUT2D eigenvalue weighted by Gasteiger charge is 2.33. The summed E-state index contributed by atoms with van der Waals surface area (Å²) in [6, 6.07) is 16.1. The smallest absolute Gasteiger partial charge is 0.411 e. The van der Waals surface area contributed by atoms with Gasteiger partial charge in [-0.1, -0.05) is 55.5 Å². The van der Waals surface area contributed by atoms with E-state index in [-0.39, 0.29) is 30.5 Å². The number of nitrogens with zero attached hydrogens (tertiary/aromatic N) is 2. The number of ether oxygens (including phenoxy) is 1. The number of amides is 2. The highest BCUT2D eigenvalue weighted by Crippen LogP contribution is 2.44. The molecular formula is C26H28N4O5. The molecule has 2 amide bonds. The summed E-state index contributed by atoms with van der Waals surface area (Å²) in [6.45, 7) is 3.36. The van der Waals surface area contributed by atoms with Crippen molar-refractivity contribution in [3.05, 3.63) is 71.5 Å². The Morgan fingerprint density at radius 2 is 1.69 bits per heavy atom. The fourth-order valence-corrected chi connectivity index (χ4v) is 4.20. The number of benzene rings is 2. The molecule has 3 N–H and O–H groups in total. The highest BCUT2D eigenvalue weighted by molar-refractivity contribution is 6.01. The van der Waals surface area contributed by atoms with Crippen LogP contribution in [0, 0.1) is 5.41 Å². The summed E-state index contributed by atoms with van der Waals surface area (Å²) in [5.74, 6) is -1.67. The molecule has 0 spiro atoms. The fraction of sp³-hybridized carbons (Fsp3) is 0.308. The zero-order valence-electron chi connectivity index (χ0n) is 19.9. The minimum atomic E-state index is -1.11. The molecule has 0 bridgehead atoms. The van der Waals surface area contributed by atoms with Gasteiger partial charge in [0, 0.05) is 25.7 Å². The van der Waals surface area contributed by atoms with Crippen LogP contribution in [0.5, 0.6) is 0 Å². The van der Waals surface area contributed by atoms with E-state index in [0.717, 1.165) is 22.3 Å². The van der Waals surface area contributed by atoms with Crippen LogP contribution in [0.4, 0.5) is 10.5 Å². The predicted molar refractivity (Wildman–Crippen MR) is 130 cm³/mol. The van der Waals surface area contributed by atoms with E-state index < -0.39 is 23.4 Å². The van der Waals surface area contributed by atoms with Gasteiger partial charge in [0.1, 0.15) is 6.61 Å². The Hall–Kier alpha value is -4.14. The molecule has 1 aromatic heterocycles. The van der Waals surface area contributed by atoms with Crippen LogP contribution in [0.3, 0.4) is 0 Å². The van der Waals surface area contributed by atoms with Crippen molar-refractivity contribution in [2.45, 2.75) is 26.2 Å². The van der Waals surface area contributed by atoms with Gasteiger partial charge < -0.3 is 15.2 Å². The SMILES string of the molecule is CCC(C)(CNC(=O)c1nn(C)cc1NC(=O)OCC1c2ccccc2-c2ccccc21)C(=O)O. The summed E-state index contributed by atoms with van der Waals surface area (Å²) >= 11 is 0. The van der Waals surface area contributed by atoms with Crippen LogP contribution in [0.15, 0.2) is 54.7 Å². The second-order valence-corrected chi connectivity index (χ2v) is 8.92. The zero-order valence-corrected chi connectivity index (χ0v) is 19.9. The van der Waals surface area contributed by atoms with Gasteiger partial charge >= 0.3 is 12.1 Å². The van der Waals surface area contributed by atoms with E-state index in [2.05, 4.69) is 27.9 Å². The molecule has 182 valence electrons. The first-order valence-electron chi connectivity index (χ1n) is 11.4. The maximum absolute atomic E-state index is 12.7. The summed E-state index contributed by atoms with van der Waals surface area (Å²) in [4.78, 5) is 36.9. The van der Waals surface area contributed by atoms with Gasteiger partial charge in [0.25, 0.3) is 5.91 Å². The van der Waals surface area contributed by atoms with Crippen molar-refractivity contribution >= 4 is 23.7 Å². The Kier molecular flexibility index (Phi) is 6.59. The largest absolute Gasteiger partial charge is 0.481 e. The number of carbonyl (C=O) groups excluding carboxylic acids is 2. The van der Waals surface area contributed by atoms with Gasteiger partial charge in [0.05, 0.1) is 11.1 Å². The summed E-state index contributed by atoms with van der Waals surface area (Å²) in [6.07, 6.45) is 1.13. The van der Waals surface area contributed by atoms with E-state index in [0.29, 0.717) is 6.42 Å². The van der Waals surface area contributed by atoms with Gasteiger partial charge in [0.15, 0.2) is 5.69 Å². The van der Waals surface area contributed by atoms with Gasteiger partial charge in [-0.25, -0.2) is 4.79 Å². The van der Waals surface area contributed by atoms with Crippen LogP contribution < -0.4 is 10.6 Å². The molecule has 9 nitrogen and oxygen atoms in total. The number of aryl methyl sites for hydroxylation is 1. The minimum absolute atomic E-state index is 0.0233. The first-order chi connectivity index (χ1) is 16.7. The summed E-state index contributed by atoms with van der Waals surface area (Å²) in [7, 11) is 1.62. The Bertz CT molecular complexity index is 1240. The molecule has 1 atom stereocenters. The van der Waals surface area contributed by atoms with Gasteiger partial charge in [-0.05, 0) is 35.6 Å². The molecule has 1 heterocycles. The normalized spacial score (nSPS) is 13.9. The van der Waals surface area contributed by atoms with Crippen molar-refractivity contribution in [1.82, 2.24) is 15.1 Å². The third-order valence-electron chi connectivity index (χ3n) is 6.56. The van der Waals surface area contributed by atoms with Gasteiger partial charge in [0.2, 0.25) is 0 Å². The zero-order chi connectivity index (χ0) is 25.2. The summed E-state index contributed by atoms with van der Waals surface area (Å²) < 4.78 is 6.95. The number of fused-ring (bicyclic) bond motifs is 3. The molecule has 0 fully saturated rings. The molecule has 1 unspecified atom stereocenters. The molecular weight excluding hydrogens is 448 g/mol. The quantitative estimate of drug-likeness (QED) is 0.451. The average Bonchev–Trinajstić information content (AvgIpc) is 3.38. The van der Waals surface area contributed by atoms with E-state index in [9.17, 15) is 19.5 Å². The van der Waals surface area contributed by atoms with E-state index in [1.54, 1.807) is 20.9 Å². The molecule has 0 saturated heterocycles. The van der Waals surface area contributed by atoms with Gasteiger partial charge in [-0.3, -0.25) is 19.6 Å². The second kappa shape index (κ2) is 9.61. The lowest BCUT2D eigenvalue weighted by Gasteiger charge is -2.23. The van der Waals surface area contributed by atoms with Gasteiger partial charge in [-0.2, -0.15) is 5.10 Å². The van der Waals surface area contributed by atoms with Crippen molar-refractivity contribution < 1.29 is 24.2 Å². The number of nitrogens with one attached hydrogen (secondary N) is 2. The third kappa shape index (κ3) is 4.75. The molecule has 1 aliphatic rings. The van der Waals surface area contributed by atoms with E-state index in [4.69, 9.17) is 4.74 Å². The van der Waals surface area contributed by atoms with E-state index in [1.807, 2.05) is 36.4 Å². The predicted octanol–water partition coefficient (Wildman–Crippen LogP) is 4.01. The molecule has 0 saturated carbocycles. The molecule has 4 rings (SSSR count). The fourth-order valence-electron chi connectivity index (χ4n) is 4.20.